The lowest BCUT2D eigenvalue weighted by Gasteiger charge is -2.38. The summed E-state index contributed by atoms with van der Waals surface area (Å²) in [6, 6.07) is -1.12. The first kappa shape index (κ1) is 26.1. The number of carbonyl (C=O) groups excluding carboxylic acids is 3. The summed E-state index contributed by atoms with van der Waals surface area (Å²) in [7, 11) is 3.68. The minimum Gasteiger partial charge on any atom is -0.463 e. The molecule has 7 heteroatoms. The smallest absolute Gasteiger partial charge is 0.333 e. The Bertz CT molecular complexity index is 639. The van der Waals surface area contributed by atoms with Gasteiger partial charge in [0.25, 0.3) is 0 Å². The Morgan fingerprint density at radius 2 is 1.87 bits per heavy atom. The first-order valence-electron chi connectivity index (χ1n) is 11.1. The fourth-order valence-electron chi connectivity index (χ4n) is 3.77. The Kier molecular flexibility index (Phi) is 10.0. The van der Waals surface area contributed by atoms with Crippen LogP contribution in [0.1, 0.15) is 67.2 Å². The third-order valence-corrected chi connectivity index (χ3v) is 5.78. The summed E-state index contributed by atoms with van der Waals surface area (Å²) < 4.78 is 5.05. The number of hydrogen-bond donors (Lipinski definition) is 1. The molecule has 0 aromatic rings. The maximum absolute atomic E-state index is 13.4. The molecule has 0 bridgehead atoms. The van der Waals surface area contributed by atoms with E-state index in [2.05, 4.69) is 10.2 Å². The summed E-state index contributed by atoms with van der Waals surface area (Å²) in [4.78, 5) is 42.1. The van der Waals surface area contributed by atoms with Crippen molar-refractivity contribution in [2.45, 2.75) is 85.4 Å². The zero-order chi connectivity index (χ0) is 23.1. The van der Waals surface area contributed by atoms with Crippen molar-refractivity contribution in [3.8, 4) is 0 Å². The van der Waals surface area contributed by atoms with Crippen molar-refractivity contribution in [2.75, 3.05) is 27.2 Å². The van der Waals surface area contributed by atoms with E-state index >= 15 is 0 Å². The lowest BCUT2D eigenvalue weighted by atomic mass is 9.85. The lowest BCUT2D eigenvalue weighted by molar-refractivity contribution is -0.141. The molecule has 1 saturated heterocycles. The molecule has 7 nitrogen and oxygen atoms in total. The molecule has 0 saturated carbocycles. The van der Waals surface area contributed by atoms with Crippen molar-refractivity contribution in [3.05, 3.63) is 11.6 Å². The number of ether oxygens (including phenoxy) is 1. The number of carbonyl (C=O) groups is 3. The van der Waals surface area contributed by atoms with Gasteiger partial charge in [0.2, 0.25) is 11.8 Å². The van der Waals surface area contributed by atoms with Gasteiger partial charge in [-0.1, -0.05) is 40.2 Å². The summed E-state index contributed by atoms with van der Waals surface area (Å²) >= 11 is 0. The van der Waals surface area contributed by atoms with Crippen molar-refractivity contribution < 1.29 is 19.1 Å². The molecule has 1 unspecified atom stereocenters. The van der Waals surface area contributed by atoms with E-state index in [-0.39, 0.29) is 29.9 Å². The molecule has 0 aliphatic carbocycles. The molecular weight excluding hydrogens is 382 g/mol. The Morgan fingerprint density at radius 3 is 2.37 bits per heavy atom. The molecule has 0 spiro atoms. The molecule has 1 aliphatic rings. The summed E-state index contributed by atoms with van der Waals surface area (Å²) in [5.74, 6) is -0.628. The average Bonchev–Trinajstić information content (AvgIpc) is 2.68. The number of rotatable bonds is 8. The van der Waals surface area contributed by atoms with Crippen LogP contribution in [0.15, 0.2) is 11.6 Å². The summed E-state index contributed by atoms with van der Waals surface area (Å²) in [6.07, 6.45) is 5.34. The van der Waals surface area contributed by atoms with E-state index in [9.17, 15) is 14.4 Å². The molecule has 3 atom stereocenters. The van der Waals surface area contributed by atoms with E-state index in [1.807, 2.05) is 34.7 Å². The standard InChI is InChI=1S/C23H41N3O4/c1-9-17(15-16(3)22(29)30-10-2)26(8)21(28)19(23(4,5)6)24-20(27)18-13-11-12-14-25(18)7/h15,17-19H,9-14H2,1-8H3,(H,24,27)/b16-15+/t17-,18+,19?/m0/s1. The van der Waals surface area contributed by atoms with Crippen LogP contribution in [0.25, 0.3) is 0 Å². The van der Waals surface area contributed by atoms with Crippen LogP contribution in [0.4, 0.5) is 0 Å². The van der Waals surface area contributed by atoms with Crippen molar-refractivity contribution in [1.82, 2.24) is 15.1 Å². The quantitative estimate of drug-likeness (QED) is 0.480. The molecule has 2 amide bonds. The van der Waals surface area contributed by atoms with E-state index in [1.54, 1.807) is 31.9 Å². The average molecular weight is 424 g/mol. The van der Waals surface area contributed by atoms with E-state index in [4.69, 9.17) is 4.74 Å². The molecule has 0 aromatic heterocycles. The van der Waals surface area contributed by atoms with Crippen molar-refractivity contribution in [2.24, 2.45) is 5.41 Å². The van der Waals surface area contributed by atoms with E-state index < -0.39 is 11.5 Å². The van der Waals surface area contributed by atoms with E-state index in [0.29, 0.717) is 18.6 Å². The van der Waals surface area contributed by atoms with Crippen LogP contribution < -0.4 is 5.32 Å². The first-order valence-corrected chi connectivity index (χ1v) is 11.1. The molecule has 1 N–H and O–H groups in total. The summed E-state index contributed by atoms with van der Waals surface area (Å²) in [6.45, 7) is 12.5. The molecule has 30 heavy (non-hydrogen) atoms. The highest BCUT2D eigenvalue weighted by Crippen LogP contribution is 2.24. The number of esters is 1. The van der Waals surface area contributed by atoms with Crippen molar-refractivity contribution in [1.29, 1.82) is 0 Å². The lowest BCUT2D eigenvalue weighted by Crippen LogP contribution is -2.59. The zero-order valence-electron chi connectivity index (χ0n) is 20.1. The van der Waals surface area contributed by atoms with Crippen LogP contribution >= 0.6 is 0 Å². The summed E-state index contributed by atoms with van der Waals surface area (Å²) in [5, 5.41) is 3.03. The number of amides is 2. The highest BCUT2D eigenvalue weighted by molar-refractivity contribution is 5.91. The minimum atomic E-state index is -0.657. The Labute approximate surface area is 182 Å². The van der Waals surface area contributed by atoms with E-state index in [1.165, 1.54) is 0 Å². The van der Waals surface area contributed by atoms with Gasteiger partial charge in [-0.2, -0.15) is 0 Å². The number of likely N-dealkylation sites (N-methyl/N-ethyl adjacent to an activating group) is 2. The third-order valence-electron chi connectivity index (χ3n) is 5.78. The fraction of sp³-hybridized carbons (Fsp3) is 0.783. The van der Waals surface area contributed by atoms with Crippen molar-refractivity contribution in [3.63, 3.8) is 0 Å². The van der Waals surface area contributed by atoms with E-state index in [0.717, 1.165) is 25.8 Å². The molecule has 1 heterocycles. The van der Waals surface area contributed by atoms with Crippen LogP contribution in [0, 0.1) is 5.41 Å². The zero-order valence-corrected chi connectivity index (χ0v) is 20.1. The maximum Gasteiger partial charge on any atom is 0.333 e. The predicted molar refractivity (Wildman–Crippen MR) is 119 cm³/mol. The maximum atomic E-state index is 13.4. The molecular formula is C23H41N3O4. The van der Waals surface area contributed by atoms with Gasteiger partial charge in [0.05, 0.1) is 18.7 Å². The van der Waals surface area contributed by atoms with Gasteiger partial charge < -0.3 is 15.0 Å². The second kappa shape index (κ2) is 11.5. The topological polar surface area (TPSA) is 79.0 Å². The first-order chi connectivity index (χ1) is 13.9. The van der Waals surface area contributed by atoms with Gasteiger partial charge in [0.1, 0.15) is 6.04 Å². The van der Waals surface area contributed by atoms with Gasteiger partial charge in [-0.3, -0.25) is 14.5 Å². The summed E-state index contributed by atoms with van der Waals surface area (Å²) in [5.41, 5.74) is 0.0235. The molecule has 0 radical (unpaired) electrons. The Hall–Kier alpha value is -1.89. The Balaban J connectivity index is 3.02. The molecule has 1 aliphatic heterocycles. The largest absolute Gasteiger partial charge is 0.463 e. The van der Waals surface area contributed by atoms with Gasteiger partial charge in [0.15, 0.2) is 0 Å². The number of piperidine rings is 1. The number of likely N-dealkylation sites (tertiary alicyclic amines) is 1. The Morgan fingerprint density at radius 1 is 1.23 bits per heavy atom. The van der Waals surface area contributed by atoms with Crippen LogP contribution in [-0.2, 0) is 19.1 Å². The van der Waals surface area contributed by atoms with Crippen LogP contribution in [-0.4, -0.2) is 73.0 Å². The molecule has 1 fully saturated rings. The van der Waals surface area contributed by atoms with Crippen LogP contribution in [0.5, 0.6) is 0 Å². The van der Waals surface area contributed by atoms with Crippen molar-refractivity contribution >= 4 is 17.8 Å². The normalized spacial score (nSPS) is 20.3. The highest BCUT2D eigenvalue weighted by atomic mass is 16.5. The second-order valence-corrected chi connectivity index (χ2v) is 9.29. The van der Waals surface area contributed by atoms with Crippen LogP contribution in [0.3, 0.4) is 0 Å². The highest BCUT2D eigenvalue weighted by Gasteiger charge is 2.38. The number of nitrogens with one attached hydrogen (secondary N) is 1. The fourth-order valence-corrected chi connectivity index (χ4v) is 3.77. The molecule has 172 valence electrons. The van der Waals surface area contributed by atoms with Gasteiger partial charge in [-0.05, 0) is 52.1 Å². The number of nitrogens with zero attached hydrogens (tertiary/aromatic N) is 2. The minimum absolute atomic E-state index is 0.0924. The monoisotopic (exact) mass is 423 g/mol. The van der Waals surface area contributed by atoms with Gasteiger partial charge in [0, 0.05) is 12.6 Å². The molecule has 1 rings (SSSR count). The van der Waals surface area contributed by atoms with Gasteiger partial charge in [-0.25, -0.2) is 4.79 Å². The predicted octanol–water partition coefficient (Wildman–Crippen LogP) is 2.75. The van der Waals surface area contributed by atoms with Crippen LogP contribution in [0.2, 0.25) is 0 Å². The second-order valence-electron chi connectivity index (χ2n) is 9.29. The molecule has 0 aromatic carbocycles. The van der Waals surface area contributed by atoms with Gasteiger partial charge in [-0.15, -0.1) is 0 Å². The van der Waals surface area contributed by atoms with Gasteiger partial charge >= 0.3 is 5.97 Å². The SMILES string of the molecule is CCOC(=O)/C(C)=C/[C@H](CC)N(C)C(=O)C(NC(=O)[C@H]1CCCCN1C)C(C)(C)C. The third kappa shape index (κ3) is 7.11. The number of hydrogen-bond acceptors (Lipinski definition) is 5.